The number of nitrogens with one attached hydrogen (secondary N) is 1. The van der Waals surface area contributed by atoms with Crippen molar-refractivity contribution < 1.29 is 9.53 Å². The average Bonchev–Trinajstić information content (AvgIpc) is 3.09. The summed E-state index contributed by atoms with van der Waals surface area (Å²) in [5, 5.41) is 3.77. The molecule has 2 aromatic rings. The first-order valence-electron chi connectivity index (χ1n) is 7.96. The minimum atomic E-state index is -0.182. The topological polar surface area (TPSA) is 41.6 Å². The first-order valence-corrected chi connectivity index (χ1v) is 9.77. The van der Waals surface area contributed by atoms with Crippen LogP contribution < -0.4 is 10.1 Å². The highest BCUT2D eigenvalue weighted by molar-refractivity contribution is 7.99. The summed E-state index contributed by atoms with van der Waals surface area (Å²) in [7, 11) is 0. The maximum absolute atomic E-state index is 12.8. The number of urea groups is 1. The highest BCUT2D eigenvalue weighted by Gasteiger charge is 2.32. The molecule has 0 bridgehead atoms. The third-order valence-electron chi connectivity index (χ3n) is 3.83. The monoisotopic (exact) mass is 396 g/mol. The number of amides is 2. The third kappa shape index (κ3) is 4.00. The molecule has 1 aliphatic rings. The van der Waals surface area contributed by atoms with Crippen LogP contribution >= 0.6 is 35.0 Å². The summed E-state index contributed by atoms with van der Waals surface area (Å²) in [6.07, 6.45) is 0. The number of carbonyl (C=O) groups is 1. The van der Waals surface area contributed by atoms with Crippen LogP contribution in [0.2, 0.25) is 10.0 Å². The summed E-state index contributed by atoms with van der Waals surface area (Å²) < 4.78 is 5.57. The largest absolute Gasteiger partial charge is 0.492 e. The Morgan fingerprint density at radius 2 is 2.08 bits per heavy atom. The molecule has 1 heterocycles. The van der Waals surface area contributed by atoms with Crippen molar-refractivity contribution in [1.29, 1.82) is 0 Å². The molecule has 0 saturated carbocycles. The first-order chi connectivity index (χ1) is 12.1. The van der Waals surface area contributed by atoms with E-state index in [1.165, 1.54) is 0 Å². The number of anilines is 1. The standard InChI is InChI=1S/C18H18Cl2N2O2S/c1-2-24-15-9-4-3-8-14(15)21-18(23)22-10-11-25-17(22)12-6-5-7-13(19)16(12)20/h3-9,17H,2,10-11H2,1H3,(H,21,23)/t17-/m1/s1. The molecule has 25 heavy (non-hydrogen) atoms. The summed E-state index contributed by atoms with van der Waals surface area (Å²) in [5.74, 6) is 1.50. The molecular weight excluding hydrogens is 379 g/mol. The number of ether oxygens (including phenoxy) is 1. The van der Waals surface area contributed by atoms with Gasteiger partial charge in [-0.1, -0.05) is 47.5 Å². The van der Waals surface area contributed by atoms with E-state index >= 15 is 0 Å². The number of hydrogen-bond donors (Lipinski definition) is 1. The van der Waals surface area contributed by atoms with Crippen LogP contribution in [0.15, 0.2) is 42.5 Å². The Bertz CT molecular complexity index is 772. The van der Waals surface area contributed by atoms with E-state index in [4.69, 9.17) is 27.9 Å². The van der Waals surface area contributed by atoms with Gasteiger partial charge < -0.3 is 15.0 Å². The zero-order valence-corrected chi connectivity index (χ0v) is 16.0. The van der Waals surface area contributed by atoms with Gasteiger partial charge in [0.25, 0.3) is 0 Å². The van der Waals surface area contributed by atoms with Gasteiger partial charge in [0, 0.05) is 17.9 Å². The van der Waals surface area contributed by atoms with Crippen LogP contribution in [0, 0.1) is 0 Å². The highest BCUT2D eigenvalue weighted by Crippen LogP contribution is 2.43. The number of nitrogens with zero attached hydrogens (tertiary/aromatic N) is 1. The Morgan fingerprint density at radius 1 is 1.28 bits per heavy atom. The van der Waals surface area contributed by atoms with Crippen molar-refractivity contribution in [3.05, 3.63) is 58.1 Å². The van der Waals surface area contributed by atoms with E-state index < -0.39 is 0 Å². The normalized spacial score (nSPS) is 16.8. The number of halogens is 2. The van der Waals surface area contributed by atoms with Crippen LogP contribution in [-0.4, -0.2) is 29.8 Å². The molecule has 1 atom stereocenters. The quantitative estimate of drug-likeness (QED) is 0.723. The molecular formula is C18H18Cl2N2O2S. The molecule has 3 rings (SSSR count). The maximum Gasteiger partial charge on any atom is 0.323 e. The zero-order valence-electron chi connectivity index (χ0n) is 13.7. The molecule has 7 heteroatoms. The third-order valence-corrected chi connectivity index (χ3v) is 5.90. The summed E-state index contributed by atoms with van der Waals surface area (Å²) >= 11 is 14.1. The molecule has 1 fully saturated rings. The van der Waals surface area contributed by atoms with E-state index in [1.54, 1.807) is 22.7 Å². The Hall–Kier alpha value is -1.56. The van der Waals surface area contributed by atoms with Crippen molar-refractivity contribution in [2.75, 3.05) is 24.2 Å². The Morgan fingerprint density at radius 3 is 2.88 bits per heavy atom. The van der Waals surface area contributed by atoms with E-state index in [9.17, 15) is 4.79 Å². The van der Waals surface area contributed by atoms with Crippen LogP contribution in [0.1, 0.15) is 17.9 Å². The van der Waals surface area contributed by atoms with Gasteiger partial charge in [-0.3, -0.25) is 0 Å². The molecule has 0 aliphatic carbocycles. The molecule has 1 saturated heterocycles. The van der Waals surface area contributed by atoms with Gasteiger partial charge in [0.1, 0.15) is 11.1 Å². The van der Waals surface area contributed by atoms with Crippen molar-refractivity contribution >= 4 is 46.7 Å². The lowest BCUT2D eigenvalue weighted by atomic mass is 10.2. The van der Waals surface area contributed by atoms with E-state index in [-0.39, 0.29) is 11.4 Å². The fourth-order valence-corrected chi connectivity index (χ4v) is 4.44. The molecule has 0 radical (unpaired) electrons. The molecule has 0 aromatic heterocycles. The van der Waals surface area contributed by atoms with E-state index in [2.05, 4.69) is 5.32 Å². The number of hydrogen-bond acceptors (Lipinski definition) is 3. The van der Waals surface area contributed by atoms with Crippen LogP contribution in [0.25, 0.3) is 0 Å². The number of benzene rings is 2. The van der Waals surface area contributed by atoms with Crippen molar-refractivity contribution in [2.24, 2.45) is 0 Å². The van der Waals surface area contributed by atoms with Gasteiger partial charge in [-0.2, -0.15) is 0 Å². The SMILES string of the molecule is CCOc1ccccc1NC(=O)N1CCS[C@@H]1c1cccc(Cl)c1Cl. The summed E-state index contributed by atoms with van der Waals surface area (Å²) in [6.45, 7) is 3.08. The minimum absolute atomic E-state index is 0.162. The number of thioether (sulfide) groups is 1. The molecule has 2 aromatic carbocycles. The van der Waals surface area contributed by atoms with E-state index in [1.807, 2.05) is 43.3 Å². The number of para-hydroxylation sites is 2. The Kier molecular flexibility index (Phi) is 5.99. The van der Waals surface area contributed by atoms with Crippen molar-refractivity contribution in [3.63, 3.8) is 0 Å². The zero-order chi connectivity index (χ0) is 17.8. The molecule has 132 valence electrons. The van der Waals surface area contributed by atoms with Gasteiger partial charge in [0.2, 0.25) is 0 Å². The summed E-state index contributed by atoms with van der Waals surface area (Å²) in [6, 6.07) is 12.7. The van der Waals surface area contributed by atoms with E-state index in [0.717, 1.165) is 11.3 Å². The first kappa shape index (κ1) is 18.2. The molecule has 2 amide bonds. The summed E-state index contributed by atoms with van der Waals surface area (Å²) in [5.41, 5.74) is 1.51. The second-order valence-electron chi connectivity index (χ2n) is 5.42. The highest BCUT2D eigenvalue weighted by atomic mass is 35.5. The summed E-state index contributed by atoms with van der Waals surface area (Å²) in [4.78, 5) is 14.6. The fourth-order valence-electron chi connectivity index (χ4n) is 2.69. The van der Waals surface area contributed by atoms with Crippen LogP contribution in [-0.2, 0) is 0 Å². The predicted molar refractivity (Wildman–Crippen MR) is 105 cm³/mol. The fraction of sp³-hybridized carbons (Fsp3) is 0.278. The second kappa shape index (κ2) is 8.21. The van der Waals surface area contributed by atoms with Gasteiger partial charge in [0.15, 0.2) is 0 Å². The van der Waals surface area contributed by atoms with Gasteiger partial charge in [-0.25, -0.2) is 4.79 Å². The smallest absolute Gasteiger partial charge is 0.323 e. The van der Waals surface area contributed by atoms with Crippen molar-refractivity contribution in [3.8, 4) is 5.75 Å². The molecule has 0 spiro atoms. The lowest BCUT2D eigenvalue weighted by Crippen LogP contribution is -2.34. The van der Waals surface area contributed by atoms with Crippen LogP contribution in [0.5, 0.6) is 5.75 Å². The molecule has 1 aliphatic heterocycles. The van der Waals surface area contributed by atoms with Crippen LogP contribution in [0.3, 0.4) is 0 Å². The lowest BCUT2D eigenvalue weighted by molar-refractivity contribution is 0.214. The van der Waals surface area contributed by atoms with Crippen LogP contribution in [0.4, 0.5) is 10.5 Å². The van der Waals surface area contributed by atoms with Gasteiger partial charge in [-0.15, -0.1) is 11.8 Å². The molecule has 0 unspecified atom stereocenters. The Labute approximate surface area is 161 Å². The molecule has 1 N–H and O–H groups in total. The maximum atomic E-state index is 12.8. The molecule has 4 nitrogen and oxygen atoms in total. The Balaban J connectivity index is 1.81. The van der Waals surface area contributed by atoms with Gasteiger partial charge in [0.05, 0.1) is 22.3 Å². The minimum Gasteiger partial charge on any atom is -0.492 e. The number of rotatable bonds is 4. The van der Waals surface area contributed by atoms with Crippen molar-refractivity contribution in [1.82, 2.24) is 4.90 Å². The van der Waals surface area contributed by atoms with E-state index in [0.29, 0.717) is 34.6 Å². The lowest BCUT2D eigenvalue weighted by Gasteiger charge is -2.25. The predicted octanol–water partition coefficient (Wildman–Crippen LogP) is 5.67. The average molecular weight is 397 g/mol. The van der Waals surface area contributed by atoms with Gasteiger partial charge in [-0.05, 0) is 25.1 Å². The van der Waals surface area contributed by atoms with Gasteiger partial charge >= 0.3 is 6.03 Å². The van der Waals surface area contributed by atoms with Crippen molar-refractivity contribution in [2.45, 2.75) is 12.3 Å². The number of carbonyl (C=O) groups excluding carboxylic acids is 1. The second-order valence-corrected chi connectivity index (χ2v) is 7.39.